The first-order valence-electron chi connectivity index (χ1n) is 7.46. The van der Waals surface area contributed by atoms with E-state index in [0.717, 1.165) is 26.1 Å². The van der Waals surface area contributed by atoms with Crippen LogP contribution >= 0.6 is 11.3 Å². The Balaban J connectivity index is 1.65. The van der Waals surface area contributed by atoms with Gasteiger partial charge < -0.3 is 0 Å². The van der Waals surface area contributed by atoms with Crippen molar-refractivity contribution in [1.82, 2.24) is 9.21 Å². The molecule has 0 spiro atoms. The lowest BCUT2D eigenvalue weighted by molar-refractivity contribution is 0.278. The van der Waals surface area contributed by atoms with Crippen molar-refractivity contribution in [3.63, 3.8) is 0 Å². The Morgan fingerprint density at radius 2 is 1.77 bits per heavy atom. The molecule has 0 radical (unpaired) electrons. The fraction of sp³-hybridized carbons (Fsp3) is 0.375. The second-order valence-corrected chi connectivity index (χ2v) is 8.56. The highest BCUT2D eigenvalue weighted by molar-refractivity contribution is 7.91. The Morgan fingerprint density at radius 3 is 2.50 bits per heavy atom. The zero-order valence-electron chi connectivity index (χ0n) is 12.4. The molecular weight excluding hydrogens is 316 g/mol. The summed E-state index contributed by atoms with van der Waals surface area (Å²) in [7, 11) is -3.31. The van der Waals surface area contributed by atoms with Gasteiger partial charge in [-0.05, 0) is 30.0 Å². The lowest BCUT2D eigenvalue weighted by Crippen LogP contribution is -2.34. The first-order chi connectivity index (χ1) is 10.7. The van der Waals surface area contributed by atoms with E-state index in [9.17, 15) is 8.42 Å². The van der Waals surface area contributed by atoms with Crippen LogP contribution in [-0.4, -0.2) is 43.8 Å². The molecule has 1 saturated heterocycles. The minimum Gasteiger partial charge on any atom is -0.298 e. The molecule has 0 saturated carbocycles. The number of rotatable bonds is 4. The third-order valence-corrected chi connectivity index (χ3v) is 7.16. The molecule has 1 fully saturated rings. The molecule has 1 aliphatic heterocycles. The highest BCUT2D eigenvalue weighted by Gasteiger charge is 2.27. The van der Waals surface area contributed by atoms with Crippen LogP contribution in [0.4, 0.5) is 0 Å². The van der Waals surface area contributed by atoms with Gasteiger partial charge in [0.05, 0.1) is 0 Å². The summed E-state index contributed by atoms with van der Waals surface area (Å²) in [5, 5.41) is 1.81. The van der Waals surface area contributed by atoms with Crippen molar-refractivity contribution >= 4 is 21.4 Å². The van der Waals surface area contributed by atoms with Crippen LogP contribution in [0, 0.1) is 0 Å². The topological polar surface area (TPSA) is 40.6 Å². The van der Waals surface area contributed by atoms with E-state index in [0.29, 0.717) is 17.3 Å². The van der Waals surface area contributed by atoms with Crippen LogP contribution in [0.1, 0.15) is 12.0 Å². The molecule has 2 heterocycles. The summed E-state index contributed by atoms with van der Waals surface area (Å²) < 4.78 is 27.2. The molecule has 1 aliphatic rings. The maximum Gasteiger partial charge on any atom is 0.252 e. The highest BCUT2D eigenvalue weighted by Crippen LogP contribution is 2.22. The number of hydrogen-bond donors (Lipinski definition) is 0. The van der Waals surface area contributed by atoms with Crippen LogP contribution in [-0.2, 0) is 16.6 Å². The van der Waals surface area contributed by atoms with Crippen LogP contribution in [0.5, 0.6) is 0 Å². The van der Waals surface area contributed by atoms with E-state index in [4.69, 9.17) is 0 Å². The first-order valence-corrected chi connectivity index (χ1v) is 9.78. The fourth-order valence-corrected chi connectivity index (χ4v) is 5.34. The van der Waals surface area contributed by atoms with Gasteiger partial charge in [-0.2, -0.15) is 4.31 Å². The Morgan fingerprint density at radius 1 is 0.955 bits per heavy atom. The number of thiophene rings is 1. The number of hydrogen-bond acceptors (Lipinski definition) is 4. The molecule has 1 aromatic carbocycles. The van der Waals surface area contributed by atoms with Crippen LogP contribution in [0.2, 0.25) is 0 Å². The van der Waals surface area contributed by atoms with Gasteiger partial charge in [-0.15, -0.1) is 11.3 Å². The summed E-state index contributed by atoms with van der Waals surface area (Å²) in [5.74, 6) is 0. The standard InChI is InChI=1S/C16H20N2O2S2/c19-22(20,16-8-4-13-21-16)18-10-5-9-17(11-12-18)14-15-6-2-1-3-7-15/h1-4,6-8,13H,5,9-12,14H2. The van der Waals surface area contributed by atoms with Gasteiger partial charge in [0, 0.05) is 26.2 Å². The summed E-state index contributed by atoms with van der Waals surface area (Å²) in [6, 6.07) is 13.8. The Labute approximate surface area is 136 Å². The van der Waals surface area contributed by atoms with Crippen molar-refractivity contribution in [3.05, 3.63) is 53.4 Å². The smallest absolute Gasteiger partial charge is 0.252 e. The largest absolute Gasteiger partial charge is 0.298 e. The predicted octanol–water partition coefficient (Wildman–Crippen LogP) is 2.64. The summed E-state index contributed by atoms with van der Waals surface area (Å²) >= 11 is 1.29. The molecule has 4 nitrogen and oxygen atoms in total. The number of sulfonamides is 1. The van der Waals surface area contributed by atoms with Gasteiger partial charge in [-0.3, -0.25) is 4.90 Å². The molecule has 0 N–H and O–H groups in total. The minimum absolute atomic E-state index is 0.448. The van der Waals surface area contributed by atoms with Gasteiger partial charge >= 0.3 is 0 Å². The predicted molar refractivity (Wildman–Crippen MR) is 89.4 cm³/mol. The molecule has 3 rings (SSSR count). The van der Waals surface area contributed by atoms with E-state index in [1.165, 1.54) is 16.9 Å². The van der Waals surface area contributed by atoms with Gasteiger partial charge in [0.2, 0.25) is 0 Å². The van der Waals surface area contributed by atoms with E-state index in [1.807, 2.05) is 23.6 Å². The zero-order chi connectivity index (χ0) is 15.4. The molecule has 0 unspecified atom stereocenters. The fourth-order valence-electron chi connectivity index (χ4n) is 2.72. The normalized spacial score (nSPS) is 18.2. The molecule has 118 valence electrons. The number of benzene rings is 1. The van der Waals surface area contributed by atoms with Crippen LogP contribution in [0.3, 0.4) is 0 Å². The van der Waals surface area contributed by atoms with Gasteiger partial charge in [0.25, 0.3) is 10.0 Å². The van der Waals surface area contributed by atoms with E-state index < -0.39 is 10.0 Å². The second-order valence-electron chi connectivity index (χ2n) is 5.45. The van der Waals surface area contributed by atoms with Crippen LogP contribution in [0.15, 0.2) is 52.1 Å². The van der Waals surface area contributed by atoms with E-state index in [-0.39, 0.29) is 0 Å². The summed E-state index contributed by atoms with van der Waals surface area (Å²) in [6.07, 6.45) is 0.872. The lowest BCUT2D eigenvalue weighted by Gasteiger charge is -2.21. The van der Waals surface area contributed by atoms with E-state index >= 15 is 0 Å². The van der Waals surface area contributed by atoms with Crippen LogP contribution in [0.25, 0.3) is 0 Å². The maximum atomic E-state index is 12.6. The Bertz CT molecular complexity index is 684. The maximum absolute atomic E-state index is 12.6. The highest BCUT2D eigenvalue weighted by atomic mass is 32.2. The molecule has 22 heavy (non-hydrogen) atoms. The third kappa shape index (κ3) is 3.57. The Kier molecular flexibility index (Phi) is 4.93. The molecule has 0 atom stereocenters. The summed E-state index contributed by atoms with van der Waals surface area (Å²) in [4.78, 5) is 2.33. The van der Waals surface area contributed by atoms with Gasteiger partial charge in [0.15, 0.2) is 0 Å². The average Bonchev–Trinajstić information content (AvgIpc) is 2.97. The molecular formula is C16H20N2O2S2. The summed E-state index contributed by atoms with van der Waals surface area (Å²) in [6.45, 7) is 3.76. The Hall–Kier alpha value is -1.21. The SMILES string of the molecule is O=S(=O)(c1cccs1)N1CCCN(Cc2ccccc2)CC1. The molecule has 0 aliphatic carbocycles. The van der Waals surface area contributed by atoms with Crippen molar-refractivity contribution in [2.45, 2.75) is 17.2 Å². The number of nitrogens with zero attached hydrogens (tertiary/aromatic N) is 2. The molecule has 0 bridgehead atoms. The van der Waals surface area contributed by atoms with Crippen molar-refractivity contribution in [2.24, 2.45) is 0 Å². The molecule has 0 amide bonds. The van der Waals surface area contributed by atoms with Gasteiger partial charge in [0.1, 0.15) is 4.21 Å². The monoisotopic (exact) mass is 336 g/mol. The van der Waals surface area contributed by atoms with Crippen molar-refractivity contribution in [2.75, 3.05) is 26.2 Å². The van der Waals surface area contributed by atoms with Gasteiger partial charge in [-0.1, -0.05) is 36.4 Å². The first kappa shape index (κ1) is 15.7. The van der Waals surface area contributed by atoms with Gasteiger partial charge in [-0.25, -0.2) is 8.42 Å². The van der Waals surface area contributed by atoms with E-state index in [1.54, 1.807) is 16.4 Å². The van der Waals surface area contributed by atoms with Crippen molar-refractivity contribution in [3.8, 4) is 0 Å². The quantitative estimate of drug-likeness (QED) is 0.862. The average molecular weight is 336 g/mol. The molecule has 2 aromatic rings. The summed E-state index contributed by atoms with van der Waals surface area (Å²) in [5.41, 5.74) is 1.28. The minimum atomic E-state index is -3.31. The lowest BCUT2D eigenvalue weighted by atomic mass is 10.2. The van der Waals surface area contributed by atoms with Crippen LogP contribution < -0.4 is 0 Å². The molecule has 1 aromatic heterocycles. The third-order valence-electron chi connectivity index (χ3n) is 3.89. The van der Waals surface area contributed by atoms with Crippen molar-refractivity contribution < 1.29 is 8.42 Å². The molecule has 6 heteroatoms. The second kappa shape index (κ2) is 6.91. The zero-order valence-corrected chi connectivity index (χ0v) is 14.0. The van der Waals surface area contributed by atoms with Crippen molar-refractivity contribution in [1.29, 1.82) is 0 Å². The van der Waals surface area contributed by atoms with E-state index in [2.05, 4.69) is 17.0 Å².